The first-order chi connectivity index (χ1) is 8.56. The van der Waals surface area contributed by atoms with Crippen molar-refractivity contribution in [2.24, 2.45) is 5.73 Å². The van der Waals surface area contributed by atoms with Crippen LogP contribution in [0.5, 0.6) is 11.5 Å². The van der Waals surface area contributed by atoms with Gasteiger partial charge in [-0.15, -0.1) is 0 Å². The number of hydrogen-bond donors (Lipinski definition) is 2. The number of pyridine rings is 1. The van der Waals surface area contributed by atoms with Gasteiger partial charge >= 0.3 is 0 Å². The van der Waals surface area contributed by atoms with E-state index in [-0.39, 0.29) is 5.84 Å². The number of nitrogens with zero attached hydrogens (tertiary/aromatic N) is 1. The second-order valence-electron chi connectivity index (χ2n) is 3.81. The van der Waals surface area contributed by atoms with Crippen molar-refractivity contribution in [3.8, 4) is 11.5 Å². The molecule has 2 aromatic rings. The van der Waals surface area contributed by atoms with Gasteiger partial charge in [-0.3, -0.25) is 5.41 Å². The van der Waals surface area contributed by atoms with Crippen LogP contribution in [0.3, 0.4) is 0 Å². The molecule has 0 aliphatic heterocycles. The zero-order valence-corrected chi connectivity index (χ0v) is 11.4. The Balaban J connectivity index is 2.18. The highest BCUT2D eigenvalue weighted by atomic mass is 79.9. The number of hydrogen-bond acceptors (Lipinski definition) is 3. The molecule has 4 nitrogen and oxygen atoms in total. The zero-order valence-electron chi connectivity index (χ0n) is 9.77. The third kappa shape index (κ3) is 2.87. The molecule has 1 aromatic heterocycles. The summed E-state index contributed by atoms with van der Waals surface area (Å²) in [7, 11) is 0. The summed E-state index contributed by atoms with van der Waals surface area (Å²) >= 11 is 3.43. The van der Waals surface area contributed by atoms with Crippen LogP contribution in [0.2, 0.25) is 0 Å². The van der Waals surface area contributed by atoms with Gasteiger partial charge in [0.25, 0.3) is 0 Å². The largest absolute Gasteiger partial charge is 0.456 e. The van der Waals surface area contributed by atoms with E-state index in [0.29, 0.717) is 11.4 Å². The third-order valence-corrected chi connectivity index (χ3v) is 3.27. The zero-order chi connectivity index (χ0) is 13.1. The summed E-state index contributed by atoms with van der Waals surface area (Å²) in [6.07, 6.45) is 1.55. The lowest BCUT2D eigenvalue weighted by atomic mass is 10.2. The van der Waals surface area contributed by atoms with Gasteiger partial charge in [0.05, 0.1) is 6.20 Å². The standard InChI is InChI=1S/C13H12BrN3O/c1-8-6-9(2-4-11(8)14)18-10-3-5-12(13(15)16)17-7-10/h2-7H,1H3,(H3,15,16). The number of benzene rings is 1. The normalized spacial score (nSPS) is 10.1. The van der Waals surface area contributed by atoms with E-state index < -0.39 is 0 Å². The summed E-state index contributed by atoms with van der Waals surface area (Å²) in [4.78, 5) is 4.03. The Morgan fingerprint density at radius 1 is 1.28 bits per heavy atom. The number of aryl methyl sites for hydroxylation is 1. The maximum atomic E-state index is 7.25. The van der Waals surface area contributed by atoms with Crippen molar-refractivity contribution in [1.29, 1.82) is 5.41 Å². The molecule has 0 aliphatic rings. The first kappa shape index (κ1) is 12.6. The van der Waals surface area contributed by atoms with Gasteiger partial charge in [-0.1, -0.05) is 15.9 Å². The van der Waals surface area contributed by atoms with E-state index in [2.05, 4.69) is 20.9 Å². The smallest absolute Gasteiger partial charge is 0.145 e. The summed E-state index contributed by atoms with van der Waals surface area (Å²) in [5.74, 6) is 1.30. The van der Waals surface area contributed by atoms with Crippen LogP contribution in [0.15, 0.2) is 41.0 Å². The molecular weight excluding hydrogens is 294 g/mol. The van der Waals surface area contributed by atoms with E-state index in [1.54, 1.807) is 18.3 Å². The average molecular weight is 306 g/mol. The van der Waals surface area contributed by atoms with Crippen LogP contribution in [-0.4, -0.2) is 10.8 Å². The van der Waals surface area contributed by atoms with E-state index in [0.717, 1.165) is 15.8 Å². The fourth-order valence-electron chi connectivity index (χ4n) is 1.42. The maximum absolute atomic E-state index is 7.25. The monoisotopic (exact) mass is 305 g/mol. The Hall–Kier alpha value is -1.88. The molecule has 92 valence electrons. The van der Waals surface area contributed by atoms with Gasteiger partial charge in [0.1, 0.15) is 23.0 Å². The molecule has 0 unspecified atom stereocenters. The lowest BCUT2D eigenvalue weighted by Gasteiger charge is -2.07. The topological polar surface area (TPSA) is 72.0 Å². The Kier molecular flexibility index (Phi) is 3.62. The predicted molar refractivity (Wildman–Crippen MR) is 74.2 cm³/mol. The van der Waals surface area contributed by atoms with Crippen molar-refractivity contribution >= 4 is 21.8 Å². The van der Waals surface area contributed by atoms with Gasteiger partial charge in [0, 0.05) is 4.47 Å². The van der Waals surface area contributed by atoms with E-state index in [1.807, 2.05) is 25.1 Å². The number of nitrogens with two attached hydrogens (primary N) is 1. The van der Waals surface area contributed by atoms with E-state index in [1.165, 1.54) is 0 Å². The Morgan fingerprint density at radius 2 is 2.00 bits per heavy atom. The van der Waals surface area contributed by atoms with Crippen LogP contribution >= 0.6 is 15.9 Å². The molecule has 3 N–H and O–H groups in total. The number of amidine groups is 1. The Morgan fingerprint density at radius 3 is 2.56 bits per heavy atom. The van der Waals surface area contributed by atoms with Gasteiger partial charge in [-0.25, -0.2) is 4.98 Å². The predicted octanol–water partition coefficient (Wildman–Crippen LogP) is 3.23. The quantitative estimate of drug-likeness (QED) is 0.675. The number of aromatic nitrogens is 1. The first-order valence-electron chi connectivity index (χ1n) is 5.31. The van der Waals surface area contributed by atoms with Crippen LogP contribution in [-0.2, 0) is 0 Å². The molecule has 1 aromatic carbocycles. The van der Waals surface area contributed by atoms with Crippen molar-refractivity contribution in [3.05, 3.63) is 52.3 Å². The van der Waals surface area contributed by atoms with Crippen LogP contribution in [0, 0.1) is 12.3 Å². The fraction of sp³-hybridized carbons (Fsp3) is 0.0769. The molecular formula is C13H12BrN3O. The summed E-state index contributed by atoms with van der Waals surface area (Å²) in [5, 5.41) is 7.25. The van der Waals surface area contributed by atoms with Gasteiger partial charge in [0.2, 0.25) is 0 Å². The summed E-state index contributed by atoms with van der Waals surface area (Å²) in [6, 6.07) is 9.13. The highest BCUT2D eigenvalue weighted by Crippen LogP contribution is 2.25. The van der Waals surface area contributed by atoms with Crippen LogP contribution in [0.4, 0.5) is 0 Å². The van der Waals surface area contributed by atoms with Crippen molar-refractivity contribution in [3.63, 3.8) is 0 Å². The molecule has 0 saturated heterocycles. The molecule has 1 heterocycles. The number of ether oxygens (including phenoxy) is 1. The minimum atomic E-state index is -0.0546. The number of halogens is 1. The van der Waals surface area contributed by atoms with Crippen molar-refractivity contribution < 1.29 is 4.74 Å². The van der Waals surface area contributed by atoms with Crippen LogP contribution in [0.25, 0.3) is 0 Å². The number of nitrogens with one attached hydrogen (secondary N) is 1. The average Bonchev–Trinajstić information content (AvgIpc) is 2.34. The van der Waals surface area contributed by atoms with Crippen LogP contribution in [0.1, 0.15) is 11.3 Å². The fourth-order valence-corrected chi connectivity index (χ4v) is 1.66. The van der Waals surface area contributed by atoms with Crippen molar-refractivity contribution in [2.75, 3.05) is 0 Å². The molecule has 5 heteroatoms. The molecule has 2 rings (SSSR count). The van der Waals surface area contributed by atoms with Gasteiger partial charge in [0.15, 0.2) is 0 Å². The Labute approximate surface area is 113 Å². The lowest BCUT2D eigenvalue weighted by Crippen LogP contribution is -2.12. The summed E-state index contributed by atoms with van der Waals surface area (Å²) in [5.41, 5.74) is 6.86. The second kappa shape index (κ2) is 5.18. The van der Waals surface area contributed by atoms with E-state index >= 15 is 0 Å². The lowest BCUT2D eigenvalue weighted by molar-refractivity contribution is 0.479. The second-order valence-corrected chi connectivity index (χ2v) is 4.66. The number of nitrogen functional groups attached to an aromatic ring is 1. The molecule has 0 atom stereocenters. The summed E-state index contributed by atoms with van der Waals surface area (Å²) in [6.45, 7) is 1.99. The molecule has 0 fully saturated rings. The molecule has 0 bridgehead atoms. The minimum Gasteiger partial charge on any atom is -0.456 e. The van der Waals surface area contributed by atoms with Crippen LogP contribution < -0.4 is 10.5 Å². The van der Waals surface area contributed by atoms with E-state index in [4.69, 9.17) is 15.9 Å². The van der Waals surface area contributed by atoms with E-state index in [9.17, 15) is 0 Å². The minimum absolute atomic E-state index is 0.0546. The molecule has 0 saturated carbocycles. The first-order valence-corrected chi connectivity index (χ1v) is 6.10. The highest BCUT2D eigenvalue weighted by molar-refractivity contribution is 9.10. The van der Waals surface area contributed by atoms with Gasteiger partial charge in [-0.05, 0) is 42.8 Å². The Bertz CT molecular complexity index is 581. The molecule has 0 spiro atoms. The number of rotatable bonds is 3. The molecule has 0 radical (unpaired) electrons. The van der Waals surface area contributed by atoms with Crippen molar-refractivity contribution in [2.45, 2.75) is 6.92 Å². The molecule has 18 heavy (non-hydrogen) atoms. The maximum Gasteiger partial charge on any atom is 0.145 e. The van der Waals surface area contributed by atoms with Gasteiger partial charge < -0.3 is 10.5 Å². The SMILES string of the molecule is Cc1cc(Oc2ccc(C(=N)N)nc2)ccc1Br. The van der Waals surface area contributed by atoms with Crippen molar-refractivity contribution in [1.82, 2.24) is 4.98 Å². The molecule has 0 aliphatic carbocycles. The van der Waals surface area contributed by atoms with Gasteiger partial charge in [-0.2, -0.15) is 0 Å². The third-order valence-electron chi connectivity index (χ3n) is 2.38. The highest BCUT2D eigenvalue weighted by Gasteiger charge is 2.02. The summed E-state index contributed by atoms with van der Waals surface area (Å²) < 4.78 is 6.70. The molecule has 0 amide bonds.